The molecule has 1 aliphatic rings. The Hall–Kier alpha value is -1.89. The van der Waals surface area contributed by atoms with Crippen LogP contribution in [-0.4, -0.2) is 37.4 Å². The third kappa shape index (κ3) is 3.92. The van der Waals surface area contributed by atoms with Crippen LogP contribution in [0.2, 0.25) is 0 Å². The molecule has 1 aromatic carbocycles. The highest BCUT2D eigenvalue weighted by Gasteiger charge is 2.45. The van der Waals surface area contributed by atoms with Gasteiger partial charge in [-0.25, -0.2) is 4.79 Å². The van der Waals surface area contributed by atoms with Crippen molar-refractivity contribution in [2.45, 2.75) is 40.5 Å². The number of carbonyl (C=O) groups is 1. The lowest BCUT2D eigenvalue weighted by Crippen LogP contribution is -2.55. The number of methoxy groups -OCH3 is 1. The Balaban J connectivity index is 2.66. The smallest absolute Gasteiger partial charge is 0.351 e. The molecule has 2 N–H and O–H groups in total. The minimum absolute atomic E-state index is 0.0295. The number of ether oxygens (including phenoxy) is 2. The van der Waals surface area contributed by atoms with Gasteiger partial charge in [0.25, 0.3) is 0 Å². The number of fused-ring (bicyclic) bond motifs is 1. The van der Waals surface area contributed by atoms with E-state index in [0.29, 0.717) is 34.9 Å². The fourth-order valence-corrected chi connectivity index (χ4v) is 3.22. The summed E-state index contributed by atoms with van der Waals surface area (Å²) in [6.45, 7) is 8.41. The molecule has 0 radical (unpaired) electrons. The number of hydrogen-bond acceptors (Lipinski definition) is 5. The summed E-state index contributed by atoms with van der Waals surface area (Å²) >= 11 is 0. The van der Waals surface area contributed by atoms with Gasteiger partial charge in [-0.05, 0) is 24.6 Å². The molecule has 0 saturated heterocycles. The van der Waals surface area contributed by atoms with Gasteiger partial charge in [-0.3, -0.25) is 4.65 Å². The molecule has 0 bridgehead atoms. The molecule has 26 heavy (non-hydrogen) atoms. The molecule has 1 atom stereocenters. The van der Waals surface area contributed by atoms with Crippen molar-refractivity contribution in [2.75, 3.05) is 26.8 Å². The van der Waals surface area contributed by atoms with Crippen LogP contribution >= 0.6 is 0 Å². The maximum absolute atomic E-state index is 13.8. The predicted molar refractivity (Wildman–Crippen MR) is 102 cm³/mol. The molecule has 1 unspecified atom stereocenters. The molecule has 6 nitrogen and oxygen atoms in total. The van der Waals surface area contributed by atoms with Gasteiger partial charge in [-0.2, -0.15) is 0 Å². The van der Waals surface area contributed by atoms with Crippen LogP contribution in [0.5, 0.6) is 5.75 Å². The standard InChI is InChI=1S/C20H30N2O4/c1-6-7-10-26-18-15-9-8-14(25-5)11-16(15)19(23)22(24,17(18)12-21)13-20(2,3)4/h8-9,11H,6-7,10,12-13,21H2,1-5H3. The van der Waals surface area contributed by atoms with Crippen molar-refractivity contribution in [3.05, 3.63) is 40.2 Å². The number of nitrogens with two attached hydrogens (primary N) is 1. The van der Waals surface area contributed by atoms with E-state index in [4.69, 9.17) is 15.2 Å². The van der Waals surface area contributed by atoms with E-state index < -0.39 is 10.6 Å². The van der Waals surface area contributed by atoms with Gasteiger partial charge in [0.1, 0.15) is 5.75 Å². The fraction of sp³-hybridized carbons (Fsp3) is 0.550. The van der Waals surface area contributed by atoms with Crippen LogP contribution < -0.4 is 10.5 Å². The Kier molecular flexibility index (Phi) is 6.11. The Morgan fingerprint density at radius 1 is 1.23 bits per heavy atom. The summed E-state index contributed by atoms with van der Waals surface area (Å²) in [7, 11) is 1.53. The van der Waals surface area contributed by atoms with E-state index in [1.165, 1.54) is 7.11 Å². The van der Waals surface area contributed by atoms with Crippen LogP contribution in [0.25, 0.3) is 5.76 Å². The number of unbranched alkanes of at least 4 members (excludes halogenated alkanes) is 1. The van der Waals surface area contributed by atoms with Crippen molar-refractivity contribution >= 4 is 11.7 Å². The number of quaternary nitrogens is 1. The Bertz CT molecular complexity index is 706. The lowest BCUT2D eigenvalue weighted by Gasteiger charge is -2.47. The first-order valence-electron chi connectivity index (χ1n) is 9.07. The second-order valence-corrected chi connectivity index (χ2v) is 7.86. The van der Waals surface area contributed by atoms with E-state index in [1.54, 1.807) is 18.2 Å². The number of hydroxylamine groups is 3. The van der Waals surface area contributed by atoms with Crippen LogP contribution in [0.1, 0.15) is 56.5 Å². The lowest BCUT2D eigenvalue weighted by molar-refractivity contribution is -0.766. The number of hydrogen-bond donors (Lipinski definition) is 1. The van der Waals surface area contributed by atoms with E-state index in [1.807, 2.05) is 20.8 Å². The molecule has 1 amide bonds. The Labute approximate surface area is 155 Å². The van der Waals surface area contributed by atoms with Crippen LogP contribution in [0.4, 0.5) is 0 Å². The summed E-state index contributed by atoms with van der Waals surface area (Å²) in [5, 5.41) is 13.8. The monoisotopic (exact) mass is 362 g/mol. The highest BCUT2D eigenvalue weighted by Crippen LogP contribution is 2.40. The van der Waals surface area contributed by atoms with Gasteiger partial charge >= 0.3 is 5.91 Å². The van der Waals surface area contributed by atoms with Gasteiger partial charge < -0.3 is 20.4 Å². The van der Waals surface area contributed by atoms with Crippen LogP contribution in [-0.2, 0) is 4.74 Å². The third-order valence-electron chi connectivity index (χ3n) is 4.36. The van der Waals surface area contributed by atoms with Gasteiger partial charge in [-0.1, -0.05) is 34.1 Å². The topological polar surface area (TPSA) is 84.6 Å². The first-order valence-corrected chi connectivity index (χ1v) is 9.07. The SMILES string of the molecule is CCCCOC1=C(CN)[N+]([O-])(CC(C)(C)C)C(=O)c2cc(OC)ccc21. The molecule has 1 aromatic rings. The second kappa shape index (κ2) is 7.78. The molecular weight excluding hydrogens is 332 g/mol. The molecule has 0 spiro atoms. The summed E-state index contributed by atoms with van der Waals surface area (Å²) in [4.78, 5) is 13.2. The van der Waals surface area contributed by atoms with E-state index >= 15 is 0 Å². The minimum atomic E-state index is -1.11. The number of benzene rings is 1. The molecule has 0 aliphatic carbocycles. The van der Waals surface area contributed by atoms with Gasteiger partial charge in [0.2, 0.25) is 0 Å². The van der Waals surface area contributed by atoms with Crippen LogP contribution in [0, 0.1) is 10.6 Å². The predicted octanol–water partition coefficient (Wildman–Crippen LogP) is 3.65. The average Bonchev–Trinajstić information content (AvgIpc) is 2.57. The third-order valence-corrected chi connectivity index (χ3v) is 4.36. The Morgan fingerprint density at radius 2 is 1.92 bits per heavy atom. The maximum atomic E-state index is 13.8. The minimum Gasteiger partial charge on any atom is -0.620 e. The van der Waals surface area contributed by atoms with Crippen LogP contribution in [0.15, 0.2) is 23.9 Å². The summed E-state index contributed by atoms with van der Waals surface area (Å²) in [6.07, 6.45) is 1.83. The molecule has 1 aliphatic heterocycles. The molecule has 0 saturated carbocycles. The first-order chi connectivity index (χ1) is 12.2. The van der Waals surface area contributed by atoms with Crippen molar-refractivity contribution in [1.82, 2.24) is 0 Å². The summed E-state index contributed by atoms with van der Waals surface area (Å²) < 4.78 is 10.1. The van der Waals surface area contributed by atoms with Crippen molar-refractivity contribution in [2.24, 2.45) is 11.1 Å². The zero-order valence-corrected chi connectivity index (χ0v) is 16.4. The van der Waals surface area contributed by atoms with Gasteiger partial charge in [0.15, 0.2) is 11.5 Å². The van der Waals surface area contributed by atoms with Gasteiger partial charge in [0.05, 0.1) is 32.4 Å². The number of rotatable bonds is 7. The van der Waals surface area contributed by atoms with E-state index in [0.717, 1.165) is 12.8 Å². The number of carbonyl (C=O) groups excluding carboxylic acids is 1. The molecule has 1 heterocycles. The summed E-state index contributed by atoms with van der Waals surface area (Å²) in [5.41, 5.74) is 6.81. The van der Waals surface area contributed by atoms with Crippen molar-refractivity contribution in [1.29, 1.82) is 0 Å². The maximum Gasteiger partial charge on any atom is 0.351 e. The highest BCUT2D eigenvalue weighted by molar-refractivity contribution is 5.98. The number of amides is 1. The molecule has 144 valence electrons. The van der Waals surface area contributed by atoms with Gasteiger partial charge in [0, 0.05) is 11.0 Å². The highest BCUT2D eigenvalue weighted by atomic mass is 16.6. The lowest BCUT2D eigenvalue weighted by atomic mass is 9.91. The quantitative estimate of drug-likeness (QED) is 0.455. The molecule has 0 aromatic heterocycles. The van der Waals surface area contributed by atoms with Gasteiger partial charge in [-0.15, -0.1) is 0 Å². The number of nitrogens with zero attached hydrogens (tertiary/aromatic N) is 1. The normalized spacial score (nSPS) is 20.2. The molecule has 0 fully saturated rings. The van der Waals surface area contributed by atoms with Crippen molar-refractivity contribution in [3.8, 4) is 5.75 Å². The zero-order valence-electron chi connectivity index (χ0n) is 16.4. The second-order valence-electron chi connectivity index (χ2n) is 7.86. The van der Waals surface area contributed by atoms with E-state index in [9.17, 15) is 10.0 Å². The molecule has 2 rings (SSSR count). The van der Waals surface area contributed by atoms with Crippen LogP contribution in [0.3, 0.4) is 0 Å². The first kappa shape index (κ1) is 20.4. The fourth-order valence-electron chi connectivity index (χ4n) is 3.22. The molecule has 6 heteroatoms. The van der Waals surface area contributed by atoms with Crippen molar-refractivity contribution in [3.63, 3.8) is 0 Å². The van der Waals surface area contributed by atoms with Crippen molar-refractivity contribution < 1.29 is 18.9 Å². The average molecular weight is 362 g/mol. The van der Waals surface area contributed by atoms with E-state index in [2.05, 4.69) is 6.92 Å². The molecular formula is C20H30N2O4. The summed E-state index contributed by atoms with van der Waals surface area (Å²) in [5.74, 6) is 0.457. The zero-order chi connectivity index (χ0) is 19.5. The summed E-state index contributed by atoms with van der Waals surface area (Å²) in [6, 6.07) is 5.14. The van der Waals surface area contributed by atoms with E-state index in [-0.39, 0.29) is 18.5 Å². The Morgan fingerprint density at radius 3 is 2.46 bits per heavy atom. The largest absolute Gasteiger partial charge is 0.620 e.